The van der Waals surface area contributed by atoms with Gasteiger partial charge < -0.3 is 5.11 Å². The summed E-state index contributed by atoms with van der Waals surface area (Å²) in [6, 6.07) is 0. The lowest BCUT2D eigenvalue weighted by atomic mass is 10.9. The zero-order valence-corrected chi connectivity index (χ0v) is 33.3. The molecule has 0 aliphatic rings. The molecule has 0 rings (SSSR count). The molecule has 0 atom stereocenters. The fourth-order valence-electron chi connectivity index (χ4n) is 4.72. The molecule has 40 heavy (non-hydrogen) atoms. The van der Waals surface area contributed by atoms with Gasteiger partial charge in [0.2, 0.25) is 22.5 Å². The molecule has 0 aromatic heterocycles. The standard InChI is InChI=1S/C20H60N13P4.C2H5O/c1-24(2)34(21-35(25(3)4,26(5)6)27(7)8,22-36(28(9)10,29(11)12)30(13)14)23-37(31(15)16,32(17)18)33(19)20;1-2-3/h1-20H3;2H2,1H3/q+1;-1. The molecule has 0 fully saturated rings. The summed E-state index contributed by atoms with van der Waals surface area (Å²) in [5.41, 5.74) is 0. The highest BCUT2D eigenvalue weighted by Crippen LogP contribution is 2.83. The Morgan fingerprint density at radius 2 is 0.525 bits per heavy atom. The molecule has 244 valence electrons. The second kappa shape index (κ2) is 17.2. The maximum atomic E-state index is 8.93. The summed E-state index contributed by atoms with van der Waals surface area (Å²) in [5, 5.41) is 8.93. The molecule has 0 radical (unpaired) electrons. The molecule has 0 aliphatic carbocycles. The lowest BCUT2D eigenvalue weighted by molar-refractivity contribution is -0.361. The van der Waals surface area contributed by atoms with E-state index in [4.69, 9.17) is 18.7 Å². The van der Waals surface area contributed by atoms with Gasteiger partial charge in [-0.05, 0) is 140 Å². The third kappa shape index (κ3) is 8.87. The average Bonchev–Trinajstić information content (AvgIpc) is 2.76. The molecule has 0 heterocycles. The maximum absolute atomic E-state index is 8.93. The molecule has 0 saturated carbocycles. The van der Waals surface area contributed by atoms with Crippen LogP contribution in [0.4, 0.5) is 0 Å². The lowest BCUT2D eigenvalue weighted by Gasteiger charge is -2.44. The first-order chi connectivity index (χ1) is 18.0. The third-order valence-corrected chi connectivity index (χ3v) is 22.6. The SMILES string of the molecule is CC[O-].CN(C)P(=N[P+](N=P(N(C)C)(N(C)C)N(C)C)(N=P(N(C)C)(N(C)C)N(C)C)N(C)C)(N(C)C)N(C)C. The Balaban J connectivity index is 0. The molecule has 0 saturated heterocycles. The fourth-order valence-corrected chi connectivity index (χ4v) is 24.1. The van der Waals surface area contributed by atoms with Crippen LogP contribution in [0.15, 0.2) is 13.5 Å². The van der Waals surface area contributed by atoms with Crippen LogP contribution in [0.25, 0.3) is 0 Å². The molecule has 0 amide bonds. The van der Waals surface area contributed by atoms with Crippen LogP contribution < -0.4 is 5.11 Å². The van der Waals surface area contributed by atoms with E-state index in [1.807, 2.05) is 0 Å². The molecule has 14 nitrogen and oxygen atoms in total. The van der Waals surface area contributed by atoms with Gasteiger partial charge in [-0.3, -0.25) is 0 Å². The van der Waals surface area contributed by atoms with E-state index < -0.39 is 30.4 Å². The Kier molecular flexibility index (Phi) is 18.5. The zero-order chi connectivity index (χ0) is 32.6. The van der Waals surface area contributed by atoms with Crippen molar-refractivity contribution < 1.29 is 5.11 Å². The number of hydrogen-bond donors (Lipinski definition) is 0. The zero-order valence-electron chi connectivity index (χ0n) is 29.7. The highest BCUT2D eigenvalue weighted by atomic mass is 31.3. The van der Waals surface area contributed by atoms with Gasteiger partial charge in [-0.2, -0.15) is 0 Å². The van der Waals surface area contributed by atoms with Crippen molar-refractivity contribution in [1.82, 2.24) is 46.7 Å². The van der Waals surface area contributed by atoms with Crippen molar-refractivity contribution in [3.05, 3.63) is 0 Å². The van der Waals surface area contributed by atoms with Gasteiger partial charge in [0.1, 0.15) is 0 Å². The van der Waals surface area contributed by atoms with E-state index in [-0.39, 0.29) is 6.61 Å². The van der Waals surface area contributed by atoms with E-state index >= 15 is 0 Å². The van der Waals surface area contributed by atoms with Gasteiger partial charge in [-0.1, -0.05) is 6.92 Å². The molecule has 0 aromatic carbocycles. The monoisotopic (exact) mass is 651 g/mol. The summed E-state index contributed by atoms with van der Waals surface area (Å²) < 4.78 is 40.1. The number of rotatable bonds is 13. The van der Waals surface area contributed by atoms with Gasteiger partial charge in [0, 0.05) is 14.1 Å². The van der Waals surface area contributed by atoms with Crippen LogP contribution in [0, 0.1) is 0 Å². The normalized spacial score (nSPS) is 14.1. The van der Waals surface area contributed by atoms with Crippen molar-refractivity contribution in [3.63, 3.8) is 0 Å². The van der Waals surface area contributed by atoms with E-state index in [0.29, 0.717) is 0 Å². The van der Waals surface area contributed by atoms with Gasteiger partial charge in [0.15, 0.2) is 0 Å². The Morgan fingerprint density at radius 1 is 0.400 bits per heavy atom. The summed E-state index contributed by atoms with van der Waals surface area (Å²) >= 11 is 0. The summed E-state index contributed by atoms with van der Waals surface area (Å²) in [6.45, 7) is 1.57. The maximum Gasteiger partial charge on any atom is 0.453 e. The van der Waals surface area contributed by atoms with Crippen molar-refractivity contribution in [1.29, 1.82) is 0 Å². The first-order valence-corrected chi connectivity index (χ1v) is 19.5. The molecule has 0 aliphatic heterocycles. The molecule has 0 bridgehead atoms. The predicted molar refractivity (Wildman–Crippen MR) is 182 cm³/mol. The second-order valence-corrected chi connectivity index (χ2v) is 25.6. The van der Waals surface area contributed by atoms with E-state index in [9.17, 15) is 0 Å². The topological polar surface area (TPSA) is 92.5 Å². The minimum atomic E-state index is -2.94. The smallest absolute Gasteiger partial charge is 0.453 e. The van der Waals surface area contributed by atoms with Gasteiger partial charge in [0.25, 0.3) is 0 Å². The highest BCUT2D eigenvalue weighted by molar-refractivity contribution is 7.84. The number of nitrogens with zero attached hydrogens (tertiary/aromatic N) is 13. The van der Waals surface area contributed by atoms with Crippen molar-refractivity contribution in [2.45, 2.75) is 6.92 Å². The summed E-state index contributed by atoms with van der Waals surface area (Å²) in [4.78, 5) is 0. The average molecular weight is 652 g/mol. The molecule has 18 heteroatoms. The predicted octanol–water partition coefficient (Wildman–Crippen LogP) is 3.49. The van der Waals surface area contributed by atoms with Crippen LogP contribution in [0.3, 0.4) is 0 Å². The van der Waals surface area contributed by atoms with Gasteiger partial charge in [-0.25, -0.2) is 42.0 Å². The molecule has 0 spiro atoms. The van der Waals surface area contributed by atoms with Crippen molar-refractivity contribution in [3.8, 4) is 0 Å². The molecular weight excluding hydrogens is 586 g/mol. The van der Waals surface area contributed by atoms with Crippen molar-refractivity contribution >= 4 is 30.4 Å². The Bertz CT molecular complexity index is 723. The van der Waals surface area contributed by atoms with Crippen molar-refractivity contribution in [2.24, 2.45) is 13.5 Å². The van der Waals surface area contributed by atoms with Crippen LogP contribution in [0.5, 0.6) is 0 Å². The molecule has 0 N–H and O–H groups in total. The van der Waals surface area contributed by atoms with Gasteiger partial charge >= 0.3 is 7.87 Å². The number of hydrogen-bond acceptors (Lipinski definition) is 5. The van der Waals surface area contributed by atoms with Crippen LogP contribution >= 0.6 is 30.4 Å². The summed E-state index contributed by atoms with van der Waals surface area (Å²) in [6.07, 6.45) is 0. The van der Waals surface area contributed by atoms with Crippen molar-refractivity contribution in [2.75, 3.05) is 148 Å². The van der Waals surface area contributed by atoms with Crippen LogP contribution in [0.2, 0.25) is 0 Å². The largest absolute Gasteiger partial charge is 0.855 e. The first kappa shape index (κ1) is 42.8. The van der Waals surface area contributed by atoms with Gasteiger partial charge in [-0.15, -0.1) is 11.3 Å². The molecule has 0 unspecified atom stereocenters. The summed E-state index contributed by atoms with van der Waals surface area (Å²) in [7, 11) is 32.1. The van der Waals surface area contributed by atoms with Gasteiger partial charge in [0.05, 0.1) is 0 Å². The van der Waals surface area contributed by atoms with Crippen LogP contribution in [-0.4, -0.2) is 194 Å². The lowest BCUT2D eigenvalue weighted by Crippen LogP contribution is -2.33. The van der Waals surface area contributed by atoms with E-state index in [2.05, 4.69) is 188 Å². The van der Waals surface area contributed by atoms with E-state index in [1.54, 1.807) is 6.92 Å². The minimum Gasteiger partial charge on any atom is -0.855 e. The van der Waals surface area contributed by atoms with Crippen LogP contribution in [0.1, 0.15) is 6.92 Å². The van der Waals surface area contributed by atoms with Crippen LogP contribution in [-0.2, 0) is 0 Å². The third-order valence-electron chi connectivity index (χ3n) is 6.09. The quantitative estimate of drug-likeness (QED) is 0.274. The highest BCUT2D eigenvalue weighted by Gasteiger charge is 2.55. The second-order valence-electron chi connectivity index (χ2n) is 11.2. The molecule has 0 aromatic rings. The first-order valence-electron chi connectivity index (χ1n) is 13.1. The van der Waals surface area contributed by atoms with E-state index in [0.717, 1.165) is 0 Å². The van der Waals surface area contributed by atoms with E-state index in [1.165, 1.54) is 0 Å². The summed E-state index contributed by atoms with van der Waals surface area (Å²) in [5.74, 6) is 0. The minimum absolute atomic E-state index is 0. The fraction of sp³-hybridized carbons (Fsp3) is 1.00. The Hall–Kier alpha value is 0.680. The Morgan fingerprint density at radius 3 is 0.600 bits per heavy atom. The Labute approximate surface area is 250 Å². The molecular formula is C22H65N13OP4.